The van der Waals surface area contributed by atoms with E-state index < -0.39 is 132 Å². The van der Waals surface area contributed by atoms with Crippen molar-refractivity contribution >= 4 is 33.4 Å². The van der Waals surface area contributed by atoms with E-state index in [1.807, 2.05) is 6.92 Å². The van der Waals surface area contributed by atoms with Gasteiger partial charge in [-0.1, -0.05) is 122 Å². The van der Waals surface area contributed by atoms with Gasteiger partial charge in [0, 0.05) is 43.9 Å². The van der Waals surface area contributed by atoms with Crippen molar-refractivity contribution in [1.82, 2.24) is 0 Å². The maximum Gasteiger partial charge on any atom is 0.472 e. The van der Waals surface area contributed by atoms with Crippen molar-refractivity contribution in [1.29, 1.82) is 0 Å². The SMILES string of the molecule is CCCCCCCCCCCCCCCC(=O)O[C@@H]1COC(=O)CCCCC(=O)C[C@@H]2[C@@H](O)[C@H](O)[C@@H](O)[C@H](OP(=O)(O)OC1)[C@H](OP(=O)(O)O)[C@H](O)[C@@H](/C=C/[C@@H](O)CCCCC)[C@H](O)C[C@@H]2O. The van der Waals surface area contributed by atoms with Gasteiger partial charge in [0.25, 0.3) is 0 Å². The monoisotopic (exact) mass is 1000 g/mol. The van der Waals surface area contributed by atoms with Crippen molar-refractivity contribution in [3.8, 4) is 0 Å². The average Bonchev–Trinajstić information content (AvgIpc) is 3.26. The number of Topliss-reactive ketones (excluding diaryl/α,β-unsaturated/α-hetero) is 1. The number of ketones is 1. The summed E-state index contributed by atoms with van der Waals surface area (Å²) in [4.78, 5) is 70.0. The van der Waals surface area contributed by atoms with Gasteiger partial charge in [-0.2, -0.15) is 0 Å². The maximum atomic E-state index is 13.7. The average molecular weight is 1010 g/mol. The van der Waals surface area contributed by atoms with Gasteiger partial charge in [-0.15, -0.1) is 0 Å². The number of aliphatic hydroxyl groups excluding tert-OH is 7. The van der Waals surface area contributed by atoms with Crippen molar-refractivity contribution in [3.63, 3.8) is 0 Å². The van der Waals surface area contributed by atoms with Crippen LogP contribution in [0.25, 0.3) is 0 Å². The summed E-state index contributed by atoms with van der Waals surface area (Å²) in [5.41, 5.74) is 0. The molecule has 2 rings (SSSR count). The number of esters is 2. The Morgan fingerprint density at radius 1 is 0.776 bits per heavy atom. The summed E-state index contributed by atoms with van der Waals surface area (Å²) in [6.45, 7) is 2.45. The second kappa shape index (κ2) is 33.0. The number of aliphatic hydroxyl groups is 7. The van der Waals surface area contributed by atoms with Crippen LogP contribution in [-0.2, 0) is 46.6 Å². The van der Waals surface area contributed by atoms with E-state index in [1.165, 1.54) is 44.9 Å². The highest BCUT2D eigenvalue weighted by molar-refractivity contribution is 7.47. The summed E-state index contributed by atoms with van der Waals surface area (Å²) in [5.74, 6) is -5.57. The van der Waals surface area contributed by atoms with Gasteiger partial charge in [0.2, 0.25) is 0 Å². The second-order valence-corrected chi connectivity index (χ2v) is 20.8. The van der Waals surface area contributed by atoms with Gasteiger partial charge in [0.15, 0.2) is 6.10 Å². The van der Waals surface area contributed by atoms with Gasteiger partial charge in [0.1, 0.15) is 36.8 Å². The minimum absolute atomic E-state index is 0.0514. The van der Waals surface area contributed by atoms with Crippen molar-refractivity contribution in [2.75, 3.05) is 13.2 Å². The van der Waals surface area contributed by atoms with E-state index in [-0.39, 0.29) is 38.5 Å². The normalized spacial score (nSPS) is 32.0. The van der Waals surface area contributed by atoms with Crippen LogP contribution in [0, 0.1) is 11.8 Å². The molecular formula is C45H82O20P2. The van der Waals surface area contributed by atoms with E-state index in [0.29, 0.717) is 12.8 Å². The van der Waals surface area contributed by atoms with E-state index in [0.717, 1.165) is 57.1 Å². The Balaban J connectivity index is 2.43. The first kappa shape index (κ1) is 61.4. The molecule has 1 aliphatic heterocycles. The summed E-state index contributed by atoms with van der Waals surface area (Å²) in [6, 6.07) is 0. The second-order valence-electron chi connectivity index (χ2n) is 18.2. The molecule has 392 valence electrons. The molecular weight excluding hydrogens is 922 g/mol. The number of phosphoric ester groups is 2. The quantitative estimate of drug-likeness (QED) is 0.0286. The summed E-state index contributed by atoms with van der Waals surface area (Å²) in [6.07, 6.45) is -5.02. The molecule has 1 saturated carbocycles. The lowest BCUT2D eigenvalue weighted by Gasteiger charge is -2.38. The van der Waals surface area contributed by atoms with Crippen molar-refractivity contribution in [2.24, 2.45) is 11.8 Å². The van der Waals surface area contributed by atoms with Crippen LogP contribution in [0.4, 0.5) is 0 Å². The third-order valence-corrected chi connectivity index (χ3v) is 13.8. The van der Waals surface area contributed by atoms with Gasteiger partial charge in [-0.3, -0.25) is 28.0 Å². The predicted octanol–water partition coefficient (Wildman–Crippen LogP) is 4.73. The van der Waals surface area contributed by atoms with Gasteiger partial charge in [0.05, 0.1) is 37.1 Å². The zero-order valence-electron chi connectivity index (χ0n) is 39.4. The van der Waals surface area contributed by atoms with Crippen LogP contribution in [0.15, 0.2) is 12.2 Å². The molecule has 22 heteroatoms. The molecule has 10 N–H and O–H groups in total. The first-order chi connectivity index (χ1) is 31.7. The van der Waals surface area contributed by atoms with E-state index in [4.69, 9.17) is 23.0 Å². The Bertz CT molecular complexity index is 1530. The molecule has 2 aliphatic rings. The lowest BCUT2D eigenvalue weighted by atomic mass is 9.82. The lowest BCUT2D eigenvalue weighted by molar-refractivity contribution is -0.166. The van der Waals surface area contributed by atoms with Crippen LogP contribution in [0.1, 0.15) is 168 Å². The van der Waals surface area contributed by atoms with Crippen LogP contribution in [0.3, 0.4) is 0 Å². The molecule has 0 spiro atoms. The van der Waals surface area contributed by atoms with Crippen LogP contribution in [0.5, 0.6) is 0 Å². The van der Waals surface area contributed by atoms with Gasteiger partial charge >= 0.3 is 27.6 Å². The molecule has 0 aromatic carbocycles. The predicted molar refractivity (Wildman–Crippen MR) is 244 cm³/mol. The molecule has 13 atom stereocenters. The van der Waals surface area contributed by atoms with Gasteiger partial charge < -0.3 is 59.9 Å². The zero-order valence-corrected chi connectivity index (χ0v) is 41.2. The molecule has 0 amide bonds. The number of rotatable bonds is 23. The number of hydrogen-bond donors (Lipinski definition) is 10. The number of hydrogen-bond acceptors (Lipinski definition) is 17. The lowest BCUT2D eigenvalue weighted by Crippen LogP contribution is -2.56. The number of ether oxygens (including phenoxy) is 2. The molecule has 0 aromatic rings. The standard InChI is InChI=1S/C45H82O20P2/c1-3-5-7-8-9-10-11-12-13-14-15-16-18-24-39(51)63-33-29-61-38(50)23-20-19-22-32(47)27-35-37(49)28-36(48)34(26-25-31(46)21-17-6-4-2)41(53)44(64-66(56,57)58)45(43(55)42(54)40(35)52)65-67(59,60)62-30-33/h25-26,31,33-37,40-46,48-49,52-55H,3-24,27-30H2,1-2H3,(H,59,60)(H2,56,57,58)/b26-25+/t31-,33+,34-,35-,36+,37-,40+,41+,42-,43+,44+,45-/m0/s1. The largest absolute Gasteiger partial charge is 0.472 e. The van der Waals surface area contributed by atoms with E-state index in [2.05, 4.69) is 6.92 Å². The number of fused-ring (bicyclic) bond motifs is 4. The molecule has 1 saturated heterocycles. The minimum atomic E-state index is -5.81. The number of unbranched alkanes of at least 4 members (excludes halogenated alkanes) is 14. The smallest absolute Gasteiger partial charge is 0.462 e. The van der Waals surface area contributed by atoms with Crippen LogP contribution in [0.2, 0.25) is 0 Å². The fraction of sp³-hybridized carbons (Fsp3) is 0.889. The first-order valence-electron chi connectivity index (χ1n) is 24.4. The van der Waals surface area contributed by atoms with Crippen LogP contribution >= 0.6 is 15.6 Å². The van der Waals surface area contributed by atoms with E-state index >= 15 is 0 Å². The molecule has 67 heavy (non-hydrogen) atoms. The molecule has 2 bridgehead atoms. The third kappa shape index (κ3) is 25.3. The van der Waals surface area contributed by atoms with Crippen molar-refractivity contribution in [2.45, 2.75) is 229 Å². The van der Waals surface area contributed by atoms with Crippen LogP contribution in [-0.4, -0.2) is 142 Å². The fourth-order valence-electron chi connectivity index (χ4n) is 8.37. The molecule has 2 fully saturated rings. The molecule has 0 radical (unpaired) electrons. The summed E-state index contributed by atoms with van der Waals surface area (Å²) in [5, 5.41) is 79.7. The molecule has 0 aromatic heterocycles. The maximum absolute atomic E-state index is 13.7. The first-order valence-corrected chi connectivity index (χ1v) is 27.4. The van der Waals surface area contributed by atoms with Gasteiger partial charge in [-0.05, 0) is 25.7 Å². The molecule has 1 heterocycles. The fourth-order valence-corrected chi connectivity index (χ4v) is 9.90. The highest BCUT2D eigenvalue weighted by Crippen LogP contribution is 2.50. The Hall–Kier alpha value is -1.71. The number of carbonyl (C=O) groups is 3. The highest BCUT2D eigenvalue weighted by Gasteiger charge is 2.52. The zero-order chi connectivity index (χ0) is 50.0. The van der Waals surface area contributed by atoms with E-state index in [1.54, 1.807) is 0 Å². The third-order valence-electron chi connectivity index (χ3n) is 12.3. The molecule has 20 nitrogen and oxygen atoms in total. The van der Waals surface area contributed by atoms with Gasteiger partial charge in [-0.25, -0.2) is 9.13 Å². The van der Waals surface area contributed by atoms with Crippen molar-refractivity contribution in [3.05, 3.63) is 12.2 Å². The Morgan fingerprint density at radius 2 is 1.34 bits per heavy atom. The Labute approximate surface area is 395 Å². The summed E-state index contributed by atoms with van der Waals surface area (Å²) in [7, 11) is -11.5. The number of carbonyl (C=O) groups excluding carboxylic acids is 3. The Morgan fingerprint density at radius 3 is 1.94 bits per heavy atom. The topological polar surface area (TPSA) is 334 Å². The number of cyclic esters (lactones) is 1. The van der Waals surface area contributed by atoms with Crippen LogP contribution < -0.4 is 0 Å². The molecule has 1 unspecified atom stereocenters. The minimum Gasteiger partial charge on any atom is -0.462 e. The van der Waals surface area contributed by atoms with E-state index in [9.17, 15) is 73.9 Å². The number of phosphoric acid groups is 2. The Kier molecular flexibility index (Phi) is 30.3. The van der Waals surface area contributed by atoms with Crippen molar-refractivity contribution < 1.29 is 97.0 Å². The summed E-state index contributed by atoms with van der Waals surface area (Å²) >= 11 is 0. The summed E-state index contributed by atoms with van der Waals surface area (Å²) < 4.78 is 52.1. The molecule has 1 aliphatic carbocycles. The highest BCUT2D eigenvalue weighted by atomic mass is 31.2.